The molecule has 0 unspecified atom stereocenters. The van der Waals surface area contributed by atoms with E-state index in [-0.39, 0.29) is 11.7 Å². The van der Waals surface area contributed by atoms with Gasteiger partial charge in [-0.2, -0.15) is 0 Å². The van der Waals surface area contributed by atoms with Gasteiger partial charge in [-0.05, 0) is 11.5 Å². The Bertz CT molecular complexity index is 324. The molecule has 0 aliphatic rings. The number of hydrogen-bond acceptors (Lipinski definition) is 1. The van der Waals surface area contributed by atoms with Crippen molar-refractivity contribution in [3.05, 3.63) is 35.4 Å². The van der Waals surface area contributed by atoms with Crippen molar-refractivity contribution in [2.24, 2.45) is 5.92 Å². The van der Waals surface area contributed by atoms with E-state index in [9.17, 15) is 4.79 Å². The molecule has 1 aromatic carbocycles. The number of carbonyl (C=O) groups excluding carboxylic acids is 1. The van der Waals surface area contributed by atoms with Crippen molar-refractivity contribution < 1.29 is 4.79 Å². The van der Waals surface area contributed by atoms with Crippen LogP contribution < -0.4 is 0 Å². The van der Waals surface area contributed by atoms with E-state index in [1.54, 1.807) is 0 Å². The van der Waals surface area contributed by atoms with Crippen molar-refractivity contribution in [1.82, 2.24) is 0 Å². The van der Waals surface area contributed by atoms with E-state index in [0.717, 1.165) is 11.1 Å². The van der Waals surface area contributed by atoms with Gasteiger partial charge >= 0.3 is 0 Å². The molecule has 76 valence electrons. The van der Waals surface area contributed by atoms with Gasteiger partial charge in [0.05, 0.1) is 0 Å². The predicted octanol–water partition coefficient (Wildman–Crippen LogP) is 3.65. The zero-order chi connectivity index (χ0) is 10.7. The second kappa shape index (κ2) is 4.41. The monoisotopic (exact) mass is 190 g/mol. The molecular weight excluding hydrogens is 172 g/mol. The van der Waals surface area contributed by atoms with Crippen LogP contribution in [0.3, 0.4) is 0 Å². The highest BCUT2D eigenvalue weighted by Gasteiger charge is 2.15. The molecule has 0 heterocycles. The van der Waals surface area contributed by atoms with Crippen LogP contribution in [0.15, 0.2) is 24.3 Å². The van der Waals surface area contributed by atoms with Crippen molar-refractivity contribution in [2.45, 2.75) is 33.6 Å². The lowest BCUT2D eigenvalue weighted by molar-refractivity contribution is 0.0938. The average molecular weight is 190 g/mol. The van der Waals surface area contributed by atoms with Crippen molar-refractivity contribution in [3.63, 3.8) is 0 Å². The Balaban J connectivity index is 3.13. The zero-order valence-corrected chi connectivity index (χ0v) is 9.37. The summed E-state index contributed by atoms with van der Waals surface area (Å²) in [4.78, 5) is 11.9. The van der Waals surface area contributed by atoms with E-state index in [0.29, 0.717) is 5.92 Å². The van der Waals surface area contributed by atoms with Crippen LogP contribution in [0.1, 0.15) is 49.5 Å². The highest BCUT2D eigenvalue weighted by molar-refractivity contribution is 5.98. The third kappa shape index (κ3) is 2.22. The molecule has 0 saturated heterocycles. The van der Waals surface area contributed by atoms with Crippen molar-refractivity contribution in [3.8, 4) is 0 Å². The zero-order valence-electron chi connectivity index (χ0n) is 9.37. The molecule has 0 radical (unpaired) electrons. The highest BCUT2D eigenvalue weighted by Crippen LogP contribution is 2.21. The quantitative estimate of drug-likeness (QED) is 0.665. The molecule has 0 amide bonds. The Hall–Kier alpha value is -1.11. The standard InChI is InChI=1S/C13H18O/c1-9(2)11-7-5-6-8-12(11)13(14)10(3)4/h5-10H,1-4H3. The van der Waals surface area contributed by atoms with Gasteiger partial charge in [0.2, 0.25) is 0 Å². The van der Waals surface area contributed by atoms with Crippen molar-refractivity contribution in [2.75, 3.05) is 0 Å². The van der Waals surface area contributed by atoms with Crippen molar-refractivity contribution >= 4 is 5.78 Å². The Morgan fingerprint density at radius 3 is 2.14 bits per heavy atom. The molecule has 0 N–H and O–H groups in total. The Kier molecular flexibility index (Phi) is 3.45. The lowest BCUT2D eigenvalue weighted by atomic mass is 9.91. The first kappa shape index (κ1) is 11.0. The molecule has 0 bridgehead atoms. The topological polar surface area (TPSA) is 17.1 Å². The third-order valence-electron chi connectivity index (χ3n) is 2.37. The van der Waals surface area contributed by atoms with Crippen LogP contribution in [0, 0.1) is 5.92 Å². The van der Waals surface area contributed by atoms with Gasteiger partial charge in [0.15, 0.2) is 5.78 Å². The Morgan fingerprint density at radius 2 is 1.64 bits per heavy atom. The van der Waals surface area contributed by atoms with E-state index in [4.69, 9.17) is 0 Å². The lowest BCUT2D eigenvalue weighted by Crippen LogP contribution is -2.10. The third-order valence-corrected chi connectivity index (χ3v) is 2.37. The van der Waals surface area contributed by atoms with E-state index >= 15 is 0 Å². The summed E-state index contributed by atoms with van der Waals surface area (Å²) < 4.78 is 0. The summed E-state index contributed by atoms with van der Waals surface area (Å²) in [6, 6.07) is 7.89. The minimum atomic E-state index is 0.0786. The molecule has 0 atom stereocenters. The maximum Gasteiger partial charge on any atom is 0.165 e. The first-order valence-corrected chi connectivity index (χ1v) is 5.17. The summed E-state index contributed by atoms with van der Waals surface area (Å²) in [6.07, 6.45) is 0. The largest absolute Gasteiger partial charge is 0.294 e. The van der Waals surface area contributed by atoms with E-state index < -0.39 is 0 Å². The summed E-state index contributed by atoms with van der Waals surface area (Å²) >= 11 is 0. The lowest BCUT2D eigenvalue weighted by Gasteiger charge is -2.12. The normalized spacial score (nSPS) is 11.0. The summed E-state index contributed by atoms with van der Waals surface area (Å²) in [6.45, 7) is 8.12. The molecule has 1 nitrogen and oxygen atoms in total. The molecule has 1 rings (SSSR count). The van der Waals surface area contributed by atoms with Gasteiger partial charge in [0.1, 0.15) is 0 Å². The number of carbonyl (C=O) groups is 1. The summed E-state index contributed by atoms with van der Waals surface area (Å²) in [5, 5.41) is 0. The van der Waals surface area contributed by atoms with Gasteiger partial charge in [-0.25, -0.2) is 0 Å². The molecule has 0 saturated carbocycles. The summed E-state index contributed by atoms with van der Waals surface area (Å²) in [5.41, 5.74) is 2.05. The summed E-state index contributed by atoms with van der Waals surface area (Å²) in [7, 11) is 0. The average Bonchev–Trinajstić information content (AvgIpc) is 2.16. The SMILES string of the molecule is CC(C)C(=O)c1ccccc1C(C)C. The van der Waals surface area contributed by atoms with Crippen LogP contribution in [0.4, 0.5) is 0 Å². The van der Waals surface area contributed by atoms with Gasteiger partial charge in [-0.1, -0.05) is 52.0 Å². The van der Waals surface area contributed by atoms with Gasteiger partial charge < -0.3 is 0 Å². The van der Waals surface area contributed by atoms with Crippen LogP contribution in [-0.4, -0.2) is 5.78 Å². The molecule has 0 aliphatic carbocycles. The summed E-state index contributed by atoms with van der Waals surface area (Å²) in [5.74, 6) is 0.734. The number of benzene rings is 1. The molecule has 1 aromatic rings. The van der Waals surface area contributed by atoms with E-state index in [1.165, 1.54) is 0 Å². The first-order chi connectivity index (χ1) is 6.54. The second-order valence-electron chi connectivity index (χ2n) is 4.26. The molecular formula is C13H18O. The fraction of sp³-hybridized carbons (Fsp3) is 0.462. The van der Waals surface area contributed by atoms with Crippen LogP contribution in [-0.2, 0) is 0 Å². The fourth-order valence-electron chi connectivity index (χ4n) is 1.54. The molecule has 0 fully saturated rings. The molecule has 0 aromatic heterocycles. The smallest absolute Gasteiger partial charge is 0.165 e. The molecule has 0 aliphatic heterocycles. The Morgan fingerprint density at radius 1 is 1.07 bits per heavy atom. The maximum atomic E-state index is 11.9. The Labute approximate surface area is 86.1 Å². The maximum absolute atomic E-state index is 11.9. The molecule has 1 heteroatoms. The van der Waals surface area contributed by atoms with Crippen molar-refractivity contribution in [1.29, 1.82) is 0 Å². The van der Waals surface area contributed by atoms with Crippen LogP contribution in [0.2, 0.25) is 0 Å². The molecule has 0 spiro atoms. The van der Waals surface area contributed by atoms with Gasteiger partial charge in [0.25, 0.3) is 0 Å². The van der Waals surface area contributed by atoms with E-state index in [1.807, 2.05) is 38.1 Å². The van der Waals surface area contributed by atoms with Crippen LogP contribution >= 0.6 is 0 Å². The van der Waals surface area contributed by atoms with Crippen LogP contribution in [0.5, 0.6) is 0 Å². The fourth-order valence-corrected chi connectivity index (χ4v) is 1.54. The van der Waals surface area contributed by atoms with Crippen LogP contribution in [0.25, 0.3) is 0 Å². The predicted molar refractivity (Wildman–Crippen MR) is 59.7 cm³/mol. The van der Waals surface area contributed by atoms with Gasteiger partial charge in [-0.15, -0.1) is 0 Å². The number of ketones is 1. The first-order valence-electron chi connectivity index (χ1n) is 5.17. The minimum Gasteiger partial charge on any atom is -0.294 e. The van der Waals surface area contributed by atoms with E-state index in [2.05, 4.69) is 13.8 Å². The number of rotatable bonds is 3. The number of hydrogen-bond donors (Lipinski definition) is 0. The minimum absolute atomic E-state index is 0.0786. The highest BCUT2D eigenvalue weighted by atomic mass is 16.1. The number of Topliss-reactive ketones (excluding diaryl/α,β-unsaturated/α-hetero) is 1. The second-order valence-corrected chi connectivity index (χ2v) is 4.26. The van der Waals surface area contributed by atoms with Gasteiger partial charge in [0, 0.05) is 11.5 Å². The molecule has 14 heavy (non-hydrogen) atoms. The van der Waals surface area contributed by atoms with Gasteiger partial charge in [-0.3, -0.25) is 4.79 Å².